The predicted molar refractivity (Wildman–Crippen MR) is 95.4 cm³/mol. The molecule has 0 spiro atoms. The van der Waals surface area contributed by atoms with E-state index in [9.17, 15) is 4.79 Å². The Balaban J connectivity index is 1.69. The van der Waals surface area contributed by atoms with Crippen molar-refractivity contribution in [2.45, 2.75) is 39.0 Å². The van der Waals surface area contributed by atoms with E-state index in [1.54, 1.807) is 7.11 Å². The summed E-state index contributed by atoms with van der Waals surface area (Å²) in [6, 6.07) is 0. The van der Waals surface area contributed by atoms with E-state index in [0.717, 1.165) is 31.4 Å². The van der Waals surface area contributed by atoms with E-state index >= 15 is 0 Å². The van der Waals surface area contributed by atoms with Gasteiger partial charge in [-0.25, -0.2) is 0 Å². The summed E-state index contributed by atoms with van der Waals surface area (Å²) in [6.45, 7) is 2.24. The zero-order valence-corrected chi connectivity index (χ0v) is 15.4. The summed E-state index contributed by atoms with van der Waals surface area (Å²) in [6.07, 6.45) is 12.3. The van der Waals surface area contributed by atoms with Gasteiger partial charge in [0, 0.05) is 17.8 Å². The normalized spacial score (nSPS) is 43.4. The van der Waals surface area contributed by atoms with Crippen LogP contribution in [0, 0.1) is 29.1 Å². The first kappa shape index (κ1) is 15.0. The van der Waals surface area contributed by atoms with Crippen LogP contribution in [0.5, 0.6) is 0 Å². The molecule has 0 aromatic carbocycles. The molecular formula is C19H23IO2. The SMILES string of the molecule is COC1=C(I)C2=CC[C@@H]3[C@H](CC[C@]4(C)C(=O)CC[C@@H]34)[C@H]2C=C1. The Morgan fingerprint density at radius 1 is 1.32 bits per heavy atom. The molecule has 0 N–H and O–H groups in total. The highest BCUT2D eigenvalue weighted by molar-refractivity contribution is 14.1. The molecule has 2 saturated carbocycles. The quantitative estimate of drug-likeness (QED) is 0.581. The van der Waals surface area contributed by atoms with Crippen molar-refractivity contribution in [2.75, 3.05) is 7.11 Å². The van der Waals surface area contributed by atoms with Gasteiger partial charge in [0.1, 0.15) is 11.5 Å². The molecule has 118 valence electrons. The lowest BCUT2D eigenvalue weighted by Crippen LogP contribution is -2.45. The lowest BCUT2D eigenvalue weighted by Gasteiger charge is -2.50. The van der Waals surface area contributed by atoms with Gasteiger partial charge in [-0.2, -0.15) is 0 Å². The van der Waals surface area contributed by atoms with E-state index in [1.165, 1.54) is 15.6 Å². The molecule has 0 aliphatic heterocycles. The summed E-state index contributed by atoms with van der Waals surface area (Å²) in [5, 5.41) is 0. The molecule has 4 aliphatic rings. The third-order valence-corrected chi connectivity index (χ3v) is 7.93. The second kappa shape index (κ2) is 5.22. The fourth-order valence-electron chi connectivity index (χ4n) is 5.55. The van der Waals surface area contributed by atoms with Crippen molar-refractivity contribution < 1.29 is 9.53 Å². The number of allylic oxidation sites excluding steroid dienone is 5. The summed E-state index contributed by atoms with van der Waals surface area (Å²) in [5.41, 5.74) is 1.44. The number of hydrogen-bond donors (Lipinski definition) is 0. The number of fused-ring (bicyclic) bond motifs is 5. The van der Waals surface area contributed by atoms with Crippen LogP contribution in [-0.2, 0) is 9.53 Å². The maximum atomic E-state index is 12.4. The summed E-state index contributed by atoms with van der Waals surface area (Å²) in [4.78, 5) is 12.4. The van der Waals surface area contributed by atoms with Gasteiger partial charge in [0.05, 0.1) is 10.7 Å². The van der Waals surface area contributed by atoms with Gasteiger partial charge >= 0.3 is 0 Å². The highest BCUT2D eigenvalue weighted by Gasteiger charge is 2.55. The van der Waals surface area contributed by atoms with Gasteiger partial charge in [0.2, 0.25) is 0 Å². The van der Waals surface area contributed by atoms with E-state index in [-0.39, 0.29) is 5.41 Å². The minimum Gasteiger partial charge on any atom is -0.496 e. The van der Waals surface area contributed by atoms with Crippen LogP contribution >= 0.6 is 22.6 Å². The van der Waals surface area contributed by atoms with Crippen LogP contribution in [0.25, 0.3) is 0 Å². The third kappa shape index (κ3) is 1.93. The Kier molecular flexibility index (Phi) is 3.55. The van der Waals surface area contributed by atoms with E-state index in [0.29, 0.717) is 29.5 Å². The molecule has 3 heteroatoms. The second-order valence-electron chi connectivity index (χ2n) is 7.51. The average Bonchev–Trinajstić information content (AvgIpc) is 2.83. The van der Waals surface area contributed by atoms with Gasteiger partial charge in [0.25, 0.3) is 0 Å². The average molecular weight is 410 g/mol. The van der Waals surface area contributed by atoms with Gasteiger partial charge in [-0.05, 0) is 77.7 Å². The first-order chi connectivity index (χ1) is 10.6. The number of Topliss-reactive ketones (excluding diaryl/α,β-unsaturated/α-hetero) is 1. The largest absolute Gasteiger partial charge is 0.496 e. The number of ether oxygens (including phenoxy) is 1. The zero-order chi connectivity index (χ0) is 15.5. The monoisotopic (exact) mass is 410 g/mol. The minimum absolute atomic E-state index is 0.0222. The molecule has 0 unspecified atom stereocenters. The Morgan fingerprint density at radius 2 is 2.14 bits per heavy atom. The van der Waals surface area contributed by atoms with Crippen molar-refractivity contribution in [2.24, 2.45) is 29.1 Å². The van der Waals surface area contributed by atoms with Gasteiger partial charge in [-0.3, -0.25) is 4.79 Å². The summed E-state index contributed by atoms with van der Waals surface area (Å²) in [7, 11) is 1.75. The number of ketones is 1. The second-order valence-corrected chi connectivity index (χ2v) is 8.59. The number of carbonyl (C=O) groups is 1. The lowest BCUT2D eigenvalue weighted by molar-refractivity contribution is -0.130. The fourth-order valence-corrected chi connectivity index (χ4v) is 6.53. The van der Waals surface area contributed by atoms with Crippen LogP contribution in [0.2, 0.25) is 0 Å². The van der Waals surface area contributed by atoms with E-state index < -0.39 is 0 Å². The maximum Gasteiger partial charge on any atom is 0.139 e. The van der Waals surface area contributed by atoms with Crippen LogP contribution in [0.15, 0.2) is 33.1 Å². The van der Waals surface area contributed by atoms with Crippen molar-refractivity contribution in [3.05, 3.63) is 33.1 Å². The topological polar surface area (TPSA) is 26.3 Å². The van der Waals surface area contributed by atoms with Crippen LogP contribution in [0.1, 0.15) is 39.0 Å². The standard InChI is InChI=1S/C19H23IO2/c1-19-10-9-12-11-5-7-16(22-2)18(20)14(11)4-3-13(12)15(19)6-8-17(19)21/h4-5,7,11-13,15H,3,6,8-10H2,1-2H3/t11-,12-,13-,15+,19+/m1/s1. The Labute approximate surface area is 146 Å². The molecule has 0 aromatic rings. The lowest BCUT2D eigenvalue weighted by atomic mass is 9.54. The van der Waals surface area contributed by atoms with E-state index in [4.69, 9.17) is 4.74 Å². The smallest absolute Gasteiger partial charge is 0.139 e. The van der Waals surface area contributed by atoms with Crippen molar-refractivity contribution in [3.8, 4) is 0 Å². The molecule has 5 atom stereocenters. The summed E-state index contributed by atoms with van der Waals surface area (Å²) in [5.74, 6) is 4.07. The molecule has 0 aromatic heterocycles. The van der Waals surface area contributed by atoms with Crippen molar-refractivity contribution in [3.63, 3.8) is 0 Å². The highest BCUT2D eigenvalue weighted by Crippen LogP contribution is 2.60. The molecule has 0 radical (unpaired) electrons. The fraction of sp³-hybridized carbons (Fsp3) is 0.632. The Morgan fingerprint density at radius 3 is 2.91 bits per heavy atom. The van der Waals surface area contributed by atoms with Crippen molar-refractivity contribution >= 4 is 28.4 Å². The van der Waals surface area contributed by atoms with Crippen LogP contribution in [0.4, 0.5) is 0 Å². The molecule has 4 aliphatic carbocycles. The summed E-state index contributed by atoms with van der Waals surface area (Å²) < 4.78 is 6.77. The van der Waals surface area contributed by atoms with Crippen LogP contribution in [-0.4, -0.2) is 12.9 Å². The van der Waals surface area contributed by atoms with Gasteiger partial charge in [0.15, 0.2) is 0 Å². The number of methoxy groups -OCH3 is 1. The predicted octanol–water partition coefficient (Wildman–Crippen LogP) is 4.81. The van der Waals surface area contributed by atoms with Gasteiger partial charge in [-0.1, -0.05) is 19.1 Å². The Hall–Kier alpha value is -0.580. The Bertz CT molecular complexity index is 615. The van der Waals surface area contributed by atoms with Gasteiger partial charge < -0.3 is 4.74 Å². The first-order valence-electron chi connectivity index (χ1n) is 8.42. The highest BCUT2D eigenvalue weighted by atomic mass is 127. The molecule has 2 nitrogen and oxygen atoms in total. The molecule has 22 heavy (non-hydrogen) atoms. The maximum absolute atomic E-state index is 12.4. The number of rotatable bonds is 1. The molecule has 0 saturated heterocycles. The first-order valence-corrected chi connectivity index (χ1v) is 9.50. The third-order valence-electron chi connectivity index (χ3n) is 6.78. The number of carbonyl (C=O) groups excluding carboxylic acids is 1. The van der Waals surface area contributed by atoms with Crippen molar-refractivity contribution in [1.82, 2.24) is 0 Å². The molecule has 4 rings (SSSR count). The molecule has 0 heterocycles. The van der Waals surface area contributed by atoms with Gasteiger partial charge in [-0.15, -0.1) is 0 Å². The molecule has 2 fully saturated rings. The minimum atomic E-state index is -0.0222. The zero-order valence-electron chi connectivity index (χ0n) is 13.3. The number of halogens is 1. The van der Waals surface area contributed by atoms with Crippen molar-refractivity contribution in [1.29, 1.82) is 0 Å². The number of hydrogen-bond acceptors (Lipinski definition) is 2. The van der Waals surface area contributed by atoms with E-state index in [1.807, 2.05) is 0 Å². The summed E-state index contributed by atoms with van der Waals surface area (Å²) >= 11 is 2.43. The molecular weight excluding hydrogens is 387 g/mol. The van der Waals surface area contributed by atoms with E-state index in [2.05, 4.69) is 47.7 Å². The molecule has 0 amide bonds. The molecule has 0 bridgehead atoms. The van der Waals surface area contributed by atoms with Crippen LogP contribution < -0.4 is 0 Å². The van der Waals surface area contributed by atoms with Crippen LogP contribution in [0.3, 0.4) is 0 Å².